The summed E-state index contributed by atoms with van der Waals surface area (Å²) in [5.41, 5.74) is 3.06. The minimum absolute atomic E-state index is 0.132. The first-order valence-electron chi connectivity index (χ1n) is 10.0. The number of hydrogen-bond donors (Lipinski definition) is 0. The Morgan fingerprint density at radius 3 is 2.14 bits per heavy atom. The molecule has 5 heteroatoms. The molecule has 2 aromatic carbocycles. The van der Waals surface area contributed by atoms with Gasteiger partial charge in [0.2, 0.25) is 0 Å². The molecule has 2 rings (SSSR count). The van der Waals surface area contributed by atoms with Gasteiger partial charge in [0.05, 0.1) is 5.92 Å². The number of esters is 1. The quantitative estimate of drug-likeness (QED) is 0.599. The van der Waals surface area contributed by atoms with Crippen LogP contribution in [0.4, 0.5) is 5.69 Å². The van der Waals surface area contributed by atoms with Crippen molar-refractivity contribution in [3.8, 4) is 0 Å². The van der Waals surface area contributed by atoms with Gasteiger partial charge in [0.1, 0.15) is 0 Å². The zero-order valence-corrected chi connectivity index (χ0v) is 18.1. The molecule has 0 heterocycles. The van der Waals surface area contributed by atoms with E-state index in [1.165, 1.54) is 0 Å². The van der Waals surface area contributed by atoms with Crippen molar-refractivity contribution in [2.75, 3.05) is 32.6 Å². The molecule has 2 unspecified atom stereocenters. The Kier molecular flexibility index (Phi) is 8.25. The molecule has 5 nitrogen and oxygen atoms in total. The van der Waals surface area contributed by atoms with Crippen LogP contribution in [0.25, 0.3) is 0 Å². The molecular weight excluding hydrogens is 364 g/mol. The van der Waals surface area contributed by atoms with Crippen LogP contribution in [0, 0.1) is 5.92 Å². The summed E-state index contributed by atoms with van der Waals surface area (Å²) in [6.45, 7) is 4.31. The molecule has 1 amide bonds. The number of likely N-dealkylation sites (N-methyl/N-ethyl adjacent to an activating group) is 1. The molecule has 0 saturated heterocycles. The Morgan fingerprint density at radius 2 is 1.59 bits per heavy atom. The number of benzene rings is 2. The van der Waals surface area contributed by atoms with Gasteiger partial charge in [-0.2, -0.15) is 0 Å². The lowest BCUT2D eigenvalue weighted by atomic mass is 9.86. The van der Waals surface area contributed by atoms with E-state index in [1.54, 1.807) is 11.9 Å². The van der Waals surface area contributed by atoms with E-state index in [9.17, 15) is 9.59 Å². The fourth-order valence-electron chi connectivity index (χ4n) is 3.19. The van der Waals surface area contributed by atoms with Gasteiger partial charge in [0.25, 0.3) is 5.91 Å². The minimum atomic E-state index is -0.363. The number of amides is 1. The zero-order chi connectivity index (χ0) is 21.4. The third-order valence-corrected chi connectivity index (χ3v) is 5.26. The highest BCUT2D eigenvalue weighted by atomic mass is 16.5. The summed E-state index contributed by atoms with van der Waals surface area (Å²) < 4.78 is 5.42. The van der Waals surface area contributed by atoms with Crippen molar-refractivity contribution < 1.29 is 14.3 Å². The van der Waals surface area contributed by atoms with Gasteiger partial charge in [0, 0.05) is 33.4 Å². The van der Waals surface area contributed by atoms with Gasteiger partial charge in [-0.15, -0.1) is 0 Å². The lowest BCUT2D eigenvalue weighted by Gasteiger charge is -2.23. The Bertz CT molecular complexity index is 788. The van der Waals surface area contributed by atoms with Gasteiger partial charge in [0.15, 0.2) is 6.61 Å². The van der Waals surface area contributed by atoms with Crippen molar-refractivity contribution in [3.05, 3.63) is 65.7 Å². The van der Waals surface area contributed by atoms with Crippen molar-refractivity contribution in [1.29, 1.82) is 0 Å². The van der Waals surface area contributed by atoms with Crippen molar-refractivity contribution in [3.63, 3.8) is 0 Å². The van der Waals surface area contributed by atoms with Crippen molar-refractivity contribution >= 4 is 17.6 Å². The molecule has 0 spiro atoms. The first-order valence-corrected chi connectivity index (χ1v) is 10.0. The van der Waals surface area contributed by atoms with Gasteiger partial charge in [-0.3, -0.25) is 9.59 Å². The maximum Gasteiger partial charge on any atom is 0.314 e. The number of carbonyl (C=O) groups excluding carboxylic acids is 2. The van der Waals surface area contributed by atoms with Gasteiger partial charge in [-0.1, -0.05) is 62.7 Å². The molecule has 0 aromatic heterocycles. The molecule has 2 aromatic rings. The highest BCUT2D eigenvalue weighted by Gasteiger charge is 2.28. The third kappa shape index (κ3) is 6.34. The van der Waals surface area contributed by atoms with Gasteiger partial charge < -0.3 is 14.5 Å². The Hall–Kier alpha value is -2.82. The summed E-state index contributed by atoms with van der Waals surface area (Å²) in [6, 6.07) is 17.7. The Morgan fingerprint density at radius 1 is 0.966 bits per heavy atom. The van der Waals surface area contributed by atoms with E-state index in [-0.39, 0.29) is 30.3 Å². The first kappa shape index (κ1) is 22.5. The molecule has 0 bridgehead atoms. The molecule has 0 radical (unpaired) electrons. The SMILES string of the molecule is CCC(C)C(C(=O)OCC(=O)N(C)Cc1ccc(N(C)C)cc1)c1ccccc1. The number of ether oxygens (including phenoxy) is 1. The van der Waals surface area contributed by atoms with Crippen LogP contribution < -0.4 is 4.90 Å². The molecule has 0 fully saturated rings. The summed E-state index contributed by atoms with van der Waals surface area (Å²) in [7, 11) is 5.70. The van der Waals surface area contributed by atoms with E-state index in [0.29, 0.717) is 6.54 Å². The van der Waals surface area contributed by atoms with Crippen LogP contribution >= 0.6 is 0 Å². The normalized spacial score (nSPS) is 12.7. The van der Waals surface area contributed by atoms with Crippen LogP contribution in [0.2, 0.25) is 0 Å². The van der Waals surface area contributed by atoms with Gasteiger partial charge >= 0.3 is 5.97 Å². The van der Waals surface area contributed by atoms with E-state index in [4.69, 9.17) is 4.74 Å². The number of rotatable bonds is 9. The summed E-state index contributed by atoms with van der Waals surface area (Å²) in [4.78, 5) is 28.8. The van der Waals surface area contributed by atoms with Crippen LogP contribution in [-0.4, -0.2) is 44.5 Å². The van der Waals surface area contributed by atoms with E-state index in [0.717, 1.165) is 23.2 Å². The minimum Gasteiger partial charge on any atom is -0.455 e. The van der Waals surface area contributed by atoms with Crippen LogP contribution in [0.1, 0.15) is 37.3 Å². The van der Waals surface area contributed by atoms with E-state index >= 15 is 0 Å². The fourth-order valence-corrected chi connectivity index (χ4v) is 3.19. The number of carbonyl (C=O) groups is 2. The van der Waals surface area contributed by atoms with Crippen molar-refractivity contribution in [1.82, 2.24) is 4.90 Å². The molecule has 156 valence electrons. The van der Waals surface area contributed by atoms with Gasteiger partial charge in [-0.25, -0.2) is 0 Å². The second-order valence-corrected chi connectivity index (χ2v) is 7.69. The second-order valence-electron chi connectivity index (χ2n) is 7.69. The fraction of sp³-hybridized carbons (Fsp3) is 0.417. The molecule has 0 aliphatic heterocycles. The lowest BCUT2D eigenvalue weighted by Crippen LogP contribution is -2.32. The van der Waals surface area contributed by atoms with Crippen LogP contribution in [0.15, 0.2) is 54.6 Å². The molecule has 2 atom stereocenters. The van der Waals surface area contributed by atoms with Crippen LogP contribution in [-0.2, 0) is 20.9 Å². The van der Waals surface area contributed by atoms with E-state index in [2.05, 4.69) is 0 Å². The highest BCUT2D eigenvalue weighted by Crippen LogP contribution is 2.28. The summed E-state index contributed by atoms with van der Waals surface area (Å²) in [5.74, 6) is -0.792. The largest absolute Gasteiger partial charge is 0.455 e. The zero-order valence-electron chi connectivity index (χ0n) is 18.1. The number of hydrogen-bond acceptors (Lipinski definition) is 4. The third-order valence-electron chi connectivity index (χ3n) is 5.26. The number of nitrogens with zero attached hydrogens (tertiary/aromatic N) is 2. The monoisotopic (exact) mass is 396 g/mol. The van der Waals surface area contributed by atoms with E-state index in [1.807, 2.05) is 87.4 Å². The van der Waals surface area contributed by atoms with Crippen molar-refractivity contribution in [2.24, 2.45) is 5.92 Å². The standard InChI is InChI=1S/C24H32N2O3/c1-6-18(2)23(20-10-8-7-9-11-20)24(28)29-17-22(27)26(5)16-19-12-14-21(15-13-19)25(3)4/h7-15,18,23H,6,16-17H2,1-5H3. The Labute approximate surface area is 174 Å². The van der Waals surface area contributed by atoms with E-state index < -0.39 is 0 Å². The van der Waals surface area contributed by atoms with Crippen LogP contribution in [0.5, 0.6) is 0 Å². The molecule has 0 N–H and O–H groups in total. The van der Waals surface area contributed by atoms with Gasteiger partial charge in [-0.05, 0) is 29.2 Å². The molecule has 0 saturated carbocycles. The molecular formula is C24H32N2O3. The smallest absolute Gasteiger partial charge is 0.314 e. The summed E-state index contributed by atoms with van der Waals surface area (Å²) in [5, 5.41) is 0. The second kappa shape index (κ2) is 10.6. The van der Waals surface area contributed by atoms with Crippen molar-refractivity contribution in [2.45, 2.75) is 32.7 Å². The Balaban J connectivity index is 1.94. The predicted octanol–water partition coefficient (Wildman–Crippen LogP) is 4.08. The average Bonchev–Trinajstić information content (AvgIpc) is 2.73. The topological polar surface area (TPSA) is 49.9 Å². The summed E-state index contributed by atoms with van der Waals surface area (Å²) >= 11 is 0. The maximum absolute atomic E-state index is 12.7. The average molecular weight is 397 g/mol. The lowest BCUT2D eigenvalue weighted by molar-refractivity contribution is -0.154. The maximum atomic E-state index is 12.7. The summed E-state index contributed by atoms with van der Waals surface area (Å²) in [6.07, 6.45) is 0.853. The number of anilines is 1. The first-order chi connectivity index (χ1) is 13.8. The molecule has 0 aliphatic rings. The highest BCUT2D eigenvalue weighted by molar-refractivity contribution is 5.83. The molecule has 0 aliphatic carbocycles. The molecule has 29 heavy (non-hydrogen) atoms. The predicted molar refractivity (Wildman–Crippen MR) is 117 cm³/mol. The van der Waals surface area contributed by atoms with Crippen LogP contribution in [0.3, 0.4) is 0 Å².